The Morgan fingerprint density at radius 2 is 2.07 bits per heavy atom. The molecule has 3 nitrogen and oxygen atoms in total. The predicted octanol–water partition coefficient (Wildman–Crippen LogP) is 1.46. The van der Waals surface area contributed by atoms with Crippen LogP contribution in [0.3, 0.4) is 0 Å². The Hall–Kier alpha value is -0.770. The number of benzene rings is 1. The lowest BCUT2D eigenvalue weighted by molar-refractivity contribution is -0.0324. The molecule has 14 heavy (non-hydrogen) atoms. The molecule has 0 radical (unpaired) electrons. The average Bonchev–Trinajstić information content (AvgIpc) is 2.17. The lowest BCUT2D eigenvalue weighted by Crippen LogP contribution is -2.36. The Labute approximate surface area is 87.9 Å². The third-order valence-electron chi connectivity index (χ3n) is 1.72. The minimum atomic E-state index is -1.24. The summed E-state index contributed by atoms with van der Waals surface area (Å²) in [5.74, 6) is 0.503. The molecule has 0 bridgehead atoms. The minimum Gasteiger partial charge on any atom is -0.489 e. The van der Waals surface area contributed by atoms with Gasteiger partial charge in [-0.2, -0.15) is 0 Å². The third kappa shape index (κ3) is 3.18. The summed E-state index contributed by atoms with van der Waals surface area (Å²) < 4.78 is 5.25. The third-order valence-corrected chi connectivity index (χ3v) is 2.03. The van der Waals surface area contributed by atoms with Crippen LogP contribution in [-0.2, 0) is 0 Å². The van der Waals surface area contributed by atoms with E-state index in [0.29, 0.717) is 10.8 Å². The van der Waals surface area contributed by atoms with Crippen molar-refractivity contribution in [1.82, 2.24) is 0 Å². The molecule has 0 aliphatic heterocycles. The Morgan fingerprint density at radius 1 is 1.43 bits per heavy atom. The fourth-order valence-electron chi connectivity index (χ4n) is 0.841. The van der Waals surface area contributed by atoms with Crippen LogP contribution in [0, 0.1) is 0 Å². The van der Waals surface area contributed by atoms with Gasteiger partial charge >= 0.3 is 0 Å². The molecule has 0 aliphatic rings. The molecule has 0 aliphatic carbocycles. The maximum atomic E-state index is 9.46. The maximum absolute atomic E-state index is 9.46. The Kier molecular flexibility index (Phi) is 3.75. The zero-order chi connectivity index (χ0) is 10.6. The second-order valence-corrected chi connectivity index (χ2v) is 3.78. The molecular formula is C10H13ClO3. The highest BCUT2D eigenvalue weighted by molar-refractivity contribution is 6.32. The van der Waals surface area contributed by atoms with Crippen molar-refractivity contribution in [3.63, 3.8) is 0 Å². The molecule has 0 amide bonds. The van der Waals surface area contributed by atoms with Gasteiger partial charge in [0.05, 0.1) is 11.6 Å². The highest BCUT2D eigenvalue weighted by atomic mass is 35.5. The summed E-state index contributed by atoms with van der Waals surface area (Å²) in [7, 11) is 0. The van der Waals surface area contributed by atoms with Gasteiger partial charge in [0.15, 0.2) is 0 Å². The molecule has 2 N–H and O–H groups in total. The van der Waals surface area contributed by atoms with Gasteiger partial charge in [0.1, 0.15) is 18.0 Å². The maximum Gasteiger partial charge on any atom is 0.138 e. The monoisotopic (exact) mass is 216 g/mol. The van der Waals surface area contributed by atoms with E-state index in [1.165, 1.54) is 6.92 Å². The summed E-state index contributed by atoms with van der Waals surface area (Å²) in [5.41, 5.74) is -1.24. The van der Waals surface area contributed by atoms with Crippen LogP contribution >= 0.6 is 11.6 Å². The summed E-state index contributed by atoms with van der Waals surface area (Å²) in [5, 5.41) is 18.7. The van der Waals surface area contributed by atoms with Gasteiger partial charge in [0, 0.05) is 0 Å². The SMILES string of the molecule is CC(O)(CO)COc1ccccc1Cl. The first-order valence-corrected chi connectivity index (χ1v) is 4.63. The van der Waals surface area contributed by atoms with E-state index in [1.54, 1.807) is 24.3 Å². The summed E-state index contributed by atoms with van der Waals surface area (Å²) in [4.78, 5) is 0. The van der Waals surface area contributed by atoms with E-state index >= 15 is 0 Å². The van der Waals surface area contributed by atoms with E-state index in [9.17, 15) is 5.11 Å². The van der Waals surface area contributed by atoms with Crippen molar-refractivity contribution in [2.45, 2.75) is 12.5 Å². The smallest absolute Gasteiger partial charge is 0.138 e. The second kappa shape index (κ2) is 4.64. The topological polar surface area (TPSA) is 49.7 Å². The molecule has 0 spiro atoms. The van der Waals surface area contributed by atoms with Crippen molar-refractivity contribution in [1.29, 1.82) is 0 Å². The number of ether oxygens (including phenoxy) is 1. The lowest BCUT2D eigenvalue weighted by atomic mass is 10.1. The van der Waals surface area contributed by atoms with Gasteiger partial charge in [0.2, 0.25) is 0 Å². The second-order valence-electron chi connectivity index (χ2n) is 3.37. The van der Waals surface area contributed by atoms with E-state index in [1.807, 2.05) is 0 Å². The lowest BCUT2D eigenvalue weighted by Gasteiger charge is -2.20. The van der Waals surface area contributed by atoms with Gasteiger partial charge in [-0.3, -0.25) is 0 Å². The van der Waals surface area contributed by atoms with Crippen LogP contribution in [0.15, 0.2) is 24.3 Å². The van der Waals surface area contributed by atoms with Gasteiger partial charge in [-0.1, -0.05) is 23.7 Å². The Bertz CT molecular complexity index is 299. The molecule has 4 heteroatoms. The van der Waals surface area contributed by atoms with Crippen LogP contribution in [0.5, 0.6) is 5.75 Å². The molecule has 0 aromatic heterocycles. The first kappa shape index (κ1) is 11.3. The molecule has 0 fully saturated rings. The van der Waals surface area contributed by atoms with Gasteiger partial charge < -0.3 is 14.9 Å². The van der Waals surface area contributed by atoms with Gasteiger partial charge in [-0.15, -0.1) is 0 Å². The van der Waals surface area contributed by atoms with Gasteiger partial charge in [0.25, 0.3) is 0 Å². The van der Waals surface area contributed by atoms with E-state index in [0.717, 1.165) is 0 Å². The van der Waals surface area contributed by atoms with Crippen molar-refractivity contribution in [3.8, 4) is 5.75 Å². The molecule has 0 saturated carbocycles. The average molecular weight is 217 g/mol. The van der Waals surface area contributed by atoms with E-state index in [2.05, 4.69) is 0 Å². The van der Waals surface area contributed by atoms with Crippen LogP contribution in [0.4, 0.5) is 0 Å². The molecule has 1 rings (SSSR count). The predicted molar refractivity (Wildman–Crippen MR) is 54.7 cm³/mol. The molecule has 1 aromatic carbocycles. The number of rotatable bonds is 4. The van der Waals surface area contributed by atoms with Crippen molar-refractivity contribution >= 4 is 11.6 Å². The molecular weight excluding hydrogens is 204 g/mol. The van der Waals surface area contributed by atoms with Crippen molar-refractivity contribution in [2.24, 2.45) is 0 Å². The molecule has 0 heterocycles. The summed E-state index contributed by atoms with van der Waals surface area (Å²) in [6.07, 6.45) is 0. The molecule has 1 aromatic rings. The van der Waals surface area contributed by atoms with Crippen molar-refractivity contribution in [3.05, 3.63) is 29.3 Å². The van der Waals surface area contributed by atoms with Crippen LogP contribution in [0.1, 0.15) is 6.92 Å². The number of hydrogen-bond acceptors (Lipinski definition) is 3. The van der Waals surface area contributed by atoms with Crippen LogP contribution in [0.2, 0.25) is 5.02 Å². The fourth-order valence-corrected chi connectivity index (χ4v) is 1.03. The Balaban J connectivity index is 2.58. The fraction of sp³-hybridized carbons (Fsp3) is 0.400. The standard InChI is InChI=1S/C10H13ClO3/c1-10(13,6-12)7-14-9-5-3-2-4-8(9)11/h2-5,12-13H,6-7H2,1H3. The van der Waals surface area contributed by atoms with Crippen LogP contribution in [0.25, 0.3) is 0 Å². The zero-order valence-corrected chi connectivity index (χ0v) is 8.66. The summed E-state index contributed by atoms with van der Waals surface area (Å²) in [6.45, 7) is 1.15. The Morgan fingerprint density at radius 3 is 2.64 bits per heavy atom. The van der Waals surface area contributed by atoms with E-state index in [-0.39, 0.29) is 13.2 Å². The zero-order valence-electron chi connectivity index (χ0n) is 7.90. The first-order valence-electron chi connectivity index (χ1n) is 4.26. The molecule has 0 saturated heterocycles. The molecule has 1 unspecified atom stereocenters. The number of aliphatic hydroxyl groups excluding tert-OH is 1. The van der Waals surface area contributed by atoms with Crippen LogP contribution in [-0.4, -0.2) is 29.0 Å². The minimum absolute atomic E-state index is 0.00718. The molecule has 78 valence electrons. The summed E-state index contributed by atoms with van der Waals surface area (Å²) in [6, 6.07) is 6.98. The van der Waals surface area contributed by atoms with E-state index < -0.39 is 5.60 Å². The molecule has 1 atom stereocenters. The largest absolute Gasteiger partial charge is 0.489 e. The number of para-hydroxylation sites is 1. The quantitative estimate of drug-likeness (QED) is 0.801. The summed E-state index contributed by atoms with van der Waals surface area (Å²) >= 11 is 5.83. The highest BCUT2D eigenvalue weighted by Gasteiger charge is 2.20. The number of halogens is 1. The highest BCUT2D eigenvalue weighted by Crippen LogP contribution is 2.23. The normalized spacial score (nSPS) is 14.9. The van der Waals surface area contributed by atoms with Gasteiger partial charge in [-0.05, 0) is 19.1 Å². The van der Waals surface area contributed by atoms with E-state index in [4.69, 9.17) is 21.4 Å². The van der Waals surface area contributed by atoms with Crippen molar-refractivity contribution < 1.29 is 14.9 Å². The first-order chi connectivity index (χ1) is 6.55. The number of hydrogen-bond donors (Lipinski definition) is 2. The number of aliphatic hydroxyl groups is 2. The van der Waals surface area contributed by atoms with Crippen LogP contribution < -0.4 is 4.74 Å². The van der Waals surface area contributed by atoms with Crippen molar-refractivity contribution in [2.75, 3.05) is 13.2 Å². The van der Waals surface area contributed by atoms with Gasteiger partial charge in [-0.25, -0.2) is 0 Å².